The Bertz CT molecular complexity index is 345. The molecule has 0 fully saturated rings. The molecule has 60 valence electrons. The molecule has 0 radical (unpaired) electrons. The first-order valence-corrected chi connectivity index (χ1v) is 3.92. The Labute approximate surface area is 73.0 Å². The van der Waals surface area contributed by atoms with Gasteiger partial charge in [-0.05, 0) is 12.1 Å². The van der Waals surface area contributed by atoms with E-state index in [0.29, 0.717) is 11.8 Å². The molecular weight excluding hydrogens is 177 g/mol. The van der Waals surface area contributed by atoms with Gasteiger partial charge in [-0.3, -0.25) is 4.79 Å². The van der Waals surface area contributed by atoms with Crippen molar-refractivity contribution in [3.8, 4) is 5.40 Å². The number of carbonyl (C=O) groups excluding carboxylic acids is 1. The van der Waals surface area contributed by atoms with Crippen LogP contribution in [0.5, 0.6) is 0 Å². The highest BCUT2D eigenvalue weighted by Crippen LogP contribution is 2.13. The van der Waals surface area contributed by atoms with Gasteiger partial charge < -0.3 is 0 Å². The molecule has 0 aliphatic carbocycles. The minimum atomic E-state index is -0.592. The van der Waals surface area contributed by atoms with E-state index >= 15 is 0 Å². The van der Waals surface area contributed by atoms with E-state index in [1.807, 2.05) is 0 Å². The lowest BCUT2D eigenvalue weighted by Crippen LogP contribution is -1.95. The molecule has 0 saturated heterocycles. The van der Waals surface area contributed by atoms with Crippen molar-refractivity contribution in [2.75, 3.05) is 0 Å². The van der Waals surface area contributed by atoms with Crippen LogP contribution in [0.4, 0.5) is 4.39 Å². The first-order valence-electron chi connectivity index (χ1n) is 3.10. The van der Waals surface area contributed by atoms with Crippen molar-refractivity contribution in [3.05, 3.63) is 35.6 Å². The molecule has 0 N–H and O–H groups in total. The van der Waals surface area contributed by atoms with Gasteiger partial charge in [0.15, 0.2) is 0 Å². The second-order valence-electron chi connectivity index (χ2n) is 1.96. The van der Waals surface area contributed by atoms with Gasteiger partial charge in [0.25, 0.3) is 0 Å². The summed E-state index contributed by atoms with van der Waals surface area (Å²) in [5.74, 6) is -0.592. The highest BCUT2D eigenvalue weighted by atomic mass is 32.2. The van der Waals surface area contributed by atoms with Crippen LogP contribution < -0.4 is 0 Å². The van der Waals surface area contributed by atoms with Gasteiger partial charge in [0, 0.05) is 11.8 Å². The maximum atomic E-state index is 12.8. The molecule has 0 atom stereocenters. The number of rotatable bonds is 1. The van der Waals surface area contributed by atoms with Gasteiger partial charge in [-0.1, -0.05) is 12.1 Å². The van der Waals surface area contributed by atoms with Gasteiger partial charge in [0.2, 0.25) is 5.12 Å². The molecule has 1 rings (SSSR count). The van der Waals surface area contributed by atoms with E-state index in [-0.39, 0.29) is 5.56 Å². The summed E-state index contributed by atoms with van der Waals surface area (Å²) >= 11 is 0.425. The van der Waals surface area contributed by atoms with Crippen LogP contribution >= 0.6 is 11.8 Å². The van der Waals surface area contributed by atoms with E-state index in [0.717, 1.165) is 0 Å². The number of nitriles is 1. The molecule has 0 aliphatic heterocycles. The second kappa shape index (κ2) is 3.88. The topological polar surface area (TPSA) is 40.9 Å². The average molecular weight is 181 g/mol. The Hall–Kier alpha value is -1.34. The number of benzene rings is 1. The minimum Gasteiger partial charge on any atom is -0.280 e. The zero-order chi connectivity index (χ0) is 8.97. The van der Waals surface area contributed by atoms with Gasteiger partial charge in [-0.15, -0.1) is 0 Å². The monoisotopic (exact) mass is 181 g/mol. The summed E-state index contributed by atoms with van der Waals surface area (Å²) in [7, 11) is 0. The largest absolute Gasteiger partial charge is 0.280 e. The number of thiocyanates is 1. The molecule has 0 spiro atoms. The minimum absolute atomic E-state index is 0.0518. The van der Waals surface area contributed by atoms with E-state index in [4.69, 9.17) is 5.26 Å². The Balaban J connectivity index is 2.97. The molecule has 1 aromatic rings. The quantitative estimate of drug-likeness (QED) is 0.623. The fourth-order valence-corrected chi connectivity index (χ4v) is 1.08. The molecule has 0 heterocycles. The fraction of sp³-hybridized carbons (Fsp3) is 0. The fourth-order valence-electron chi connectivity index (χ4n) is 0.723. The molecule has 12 heavy (non-hydrogen) atoms. The summed E-state index contributed by atoms with van der Waals surface area (Å²) in [6.45, 7) is 0. The number of carbonyl (C=O) groups is 1. The van der Waals surface area contributed by atoms with E-state index in [1.54, 1.807) is 11.5 Å². The van der Waals surface area contributed by atoms with E-state index < -0.39 is 10.9 Å². The maximum Gasteiger partial charge on any atom is 0.236 e. The van der Waals surface area contributed by atoms with Crippen molar-refractivity contribution in [2.45, 2.75) is 0 Å². The van der Waals surface area contributed by atoms with Gasteiger partial charge in [0.05, 0.1) is 5.56 Å². The first kappa shape index (κ1) is 8.75. The highest BCUT2D eigenvalue weighted by molar-refractivity contribution is 8.18. The lowest BCUT2D eigenvalue weighted by Gasteiger charge is -1.95. The van der Waals surface area contributed by atoms with Crippen LogP contribution in [0.2, 0.25) is 0 Å². The normalized spacial score (nSPS) is 9.00. The number of thioether (sulfide) groups is 1. The lowest BCUT2D eigenvalue weighted by atomic mass is 10.2. The highest BCUT2D eigenvalue weighted by Gasteiger charge is 2.10. The molecule has 2 nitrogen and oxygen atoms in total. The van der Waals surface area contributed by atoms with Crippen LogP contribution in [0.15, 0.2) is 24.3 Å². The Kier molecular flexibility index (Phi) is 2.83. The van der Waals surface area contributed by atoms with Gasteiger partial charge in [-0.2, -0.15) is 5.26 Å². The average Bonchev–Trinajstić information content (AvgIpc) is 2.05. The maximum absolute atomic E-state index is 12.8. The van der Waals surface area contributed by atoms with Crippen LogP contribution in [0.25, 0.3) is 0 Å². The van der Waals surface area contributed by atoms with Crippen LogP contribution in [-0.4, -0.2) is 5.12 Å². The van der Waals surface area contributed by atoms with Crippen LogP contribution in [0.3, 0.4) is 0 Å². The SMILES string of the molecule is N#CSC(=O)c1ccccc1F. The third-order valence-corrected chi connectivity index (χ3v) is 1.73. The summed E-state index contributed by atoms with van der Waals surface area (Å²) in [5, 5.41) is 9.19. The number of hydrogen-bond donors (Lipinski definition) is 0. The Morgan fingerprint density at radius 3 is 2.75 bits per heavy atom. The van der Waals surface area contributed by atoms with Gasteiger partial charge >= 0.3 is 0 Å². The predicted molar refractivity (Wildman–Crippen MR) is 43.9 cm³/mol. The van der Waals surface area contributed by atoms with Crippen molar-refractivity contribution in [3.63, 3.8) is 0 Å². The summed E-state index contributed by atoms with van der Waals surface area (Å²) < 4.78 is 12.8. The summed E-state index contributed by atoms with van der Waals surface area (Å²) in [4.78, 5) is 11.0. The molecule has 0 aromatic heterocycles. The van der Waals surface area contributed by atoms with Gasteiger partial charge in [0.1, 0.15) is 11.2 Å². The van der Waals surface area contributed by atoms with E-state index in [2.05, 4.69) is 0 Å². The van der Waals surface area contributed by atoms with Crippen molar-refractivity contribution < 1.29 is 9.18 Å². The standard InChI is InChI=1S/C8H4FNOS/c9-7-4-2-1-3-6(7)8(11)12-5-10/h1-4H. The van der Waals surface area contributed by atoms with E-state index in [1.165, 1.54) is 18.2 Å². The van der Waals surface area contributed by atoms with Crippen LogP contribution in [0.1, 0.15) is 10.4 Å². The molecule has 0 unspecified atom stereocenters. The Morgan fingerprint density at radius 2 is 2.17 bits per heavy atom. The lowest BCUT2D eigenvalue weighted by molar-refractivity contribution is 0.108. The van der Waals surface area contributed by atoms with E-state index in [9.17, 15) is 9.18 Å². The predicted octanol–water partition coefficient (Wildman–Crippen LogP) is 2.18. The van der Waals surface area contributed by atoms with Crippen molar-refractivity contribution >= 4 is 16.9 Å². The smallest absolute Gasteiger partial charge is 0.236 e. The third-order valence-electron chi connectivity index (χ3n) is 1.23. The number of nitrogens with zero attached hydrogens (tertiary/aromatic N) is 1. The molecular formula is C8H4FNOS. The zero-order valence-electron chi connectivity index (χ0n) is 5.95. The van der Waals surface area contributed by atoms with Crippen molar-refractivity contribution in [1.29, 1.82) is 5.26 Å². The van der Waals surface area contributed by atoms with Crippen LogP contribution in [0, 0.1) is 16.5 Å². The van der Waals surface area contributed by atoms with Crippen molar-refractivity contribution in [2.24, 2.45) is 0 Å². The molecule has 0 amide bonds. The second-order valence-corrected chi connectivity index (χ2v) is 2.72. The number of halogens is 1. The summed E-state index contributed by atoms with van der Waals surface area (Å²) in [6, 6.07) is 5.57. The van der Waals surface area contributed by atoms with Crippen molar-refractivity contribution in [1.82, 2.24) is 0 Å². The summed E-state index contributed by atoms with van der Waals surface area (Å²) in [5.41, 5.74) is -0.0518. The molecule has 4 heteroatoms. The van der Waals surface area contributed by atoms with Gasteiger partial charge in [-0.25, -0.2) is 4.39 Å². The molecule has 1 aromatic carbocycles. The molecule has 0 bridgehead atoms. The number of hydrogen-bond acceptors (Lipinski definition) is 3. The third kappa shape index (κ3) is 1.83. The van der Waals surface area contributed by atoms with Crippen LogP contribution in [-0.2, 0) is 0 Å². The Morgan fingerprint density at radius 1 is 1.50 bits per heavy atom. The first-order chi connectivity index (χ1) is 5.75. The molecule has 0 aliphatic rings. The summed E-state index contributed by atoms with van der Waals surface area (Å²) in [6.07, 6.45) is 0. The molecule has 0 saturated carbocycles. The zero-order valence-corrected chi connectivity index (χ0v) is 6.77.